The zero-order valence-corrected chi connectivity index (χ0v) is 29.4. The van der Waals surface area contributed by atoms with Crippen molar-refractivity contribution in [3.05, 3.63) is 95.7 Å². The Morgan fingerprint density at radius 1 is 0.980 bits per heavy atom. The summed E-state index contributed by atoms with van der Waals surface area (Å²) < 4.78 is 29.5. The topological polar surface area (TPSA) is 128 Å². The van der Waals surface area contributed by atoms with Gasteiger partial charge in [-0.25, -0.2) is 18.2 Å². The number of fused-ring (bicyclic) bond motifs is 3. The molecule has 3 amide bonds. The van der Waals surface area contributed by atoms with Crippen molar-refractivity contribution in [2.24, 2.45) is 0 Å². The monoisotopic (exact) mass is 692 g/mol. The van der Waals surface area contributed by atoms with Crippen LogP contribution >= 0.6 is 0 Å². The number of carbonyl (C=O) groups excluding carboxylic acids is 2. The first-order chi connectivity index (χ1) is 24.0. The second-order valence-corrected chi connectivity index (χ2v) is 15.3. The van der Waals surface area contributed by atoms with Crippen LogP contribution in [0.4, 0.5) is 16.2 Å². The molecule has 0 aliphatic carbocycles. The van der Waals surface area contributed by atoms with Gasteiger partial charge in [-0.3, -0.25) is 19.5 Å². The number of methoxy groups -OCH3 is 1. The van der Waals surface area contributed by atoms with Gasteiger partial charge < -0.3 is 15.0 Å². The first-order valence-corrected chi connectivity index (χ1v) is 18.6. The lowest BCUT2D eigenvalue weighted by Crippen LogP contribution is -2.45. The van der Waals surface area contributed by atoms with Crippen LogP contribution in [0.15, 0.2) is 79.0 Å². The van der Waals surface area contributed by atoms with E-state index in [1.807, 2.05) is 24.3 Å². The molecule has 3 aromatic carbocycles. The fourth-order valence-corrected chi connectivity index (χ4v) is 8.17. The molecule has 7 rings (SSSR count). The summed E-state index contributed by atoms with van der Waals surface area (Å²) in [6.07, 6.45) is 4.40. The highest BCUT2D eigenvalue weighted by atomic mass is 32.2. The van der Waals surface area contributed by atoms with Crippen molar-refractivity contribution in [3.63, 3.8) is 0 Å². The molecule has 2 N–H and O–H groups in total. The Balaban J connectivity index is 1.27. The zero-order valence-electron chi connectivity index (χ0n) is 28.6. The minimum atomic E-state index is -3.01. The van der Waals surface area contributed by atoms with Crippen LogP contribution in [0.25, 0.3) is 33.4 Å². The van der Waals surface area contributed by atoms with Crippen LogP contribution in [-0.2, 0) is 22.9 Å². The Hall–Kier alpha value is -5.20. The number of nitrogens with zero attached hydrogens (tertiary/aromatic N) is 4. The second-order valence-electron chi connectivity index (χ2n) is 13.0. The molecule has 11 nitrogen and oxygen atoms in total. The average molecular weight is 693 g/mol. The number of likely N-dealkylation sites (tertiary alicyclic amines) is 1. The van der Waals surface area contributed by atoms with Gasteiger partial charge >= 0.3 is 6.03 Å². The summed E-state index contributed by atoms with van der Waals surface area (Å²) in [6, 6.07) is 23.2. The number of benzene rings is 3. The number of nitrogens with one attached hydrogen (secondary N) is 2. The lowest BCUT2D eigenvalue weighted by Gasteiger charge is -2.35. The molecule has 12 heteroatoms. The number of hydrogen-bond donors (Lipinski definition) is 2. The second kappa shape index (κ2) is 13.3. The van der Waals surface area contributed by atoms with Crippen LogP contribution in [0, 0.1) is 0 Å². The molecule has 50 heavy (non-hydrogen) atoms. The number of sulfone groups is 1. The number of hydrogen-bond acceptors (Lipinski definition) is 7. The number of aromatic nitrogens is 2. The molecule has 0 spiro atoms. The van der Waals surface area contributed by atoms with Gasteiger partial charge in [0.15, 0.2) is 0 Å². The Kier molecular flexibility index (Phi) is 8.83. The number of pyridine rings is 1. The first kappa shape index (κ1) is 33.3. The molecule has 5 aromatic rings. The number of ether oxygens (including phenoxy) is 1. The van der Waals surface area contributed by atoms with Gasteiger partial charge in [0.1, 0.15) is 21.2 Å². The summed E-state index contributed by atoms with van der Waals surface area (Å²) in [5.74, 6) is 0.556. The molecule has 1 fully saturated rings. The van der Waals surface area contributed by atoms with Gasteiger partial charge in [0.05, 0.1) is 36.5 Å². The maximum atomic E-state index is 13.7. The molecule has 1 saturated heterocycles. The third-order valence-electron chi connectivity index (χ3n) is 9.94. The summed E-state index contributed by atoms with van der Waals surface area (Å²) in [5, 5.41) is 3.31. The molecule has 0 unspecified atom stereocenters. The standard InChI is InChI=1S/C38H40N6O5S/c1-39-37(45)27-9-13-28(14-10-27)44-23-31-32(42(2)38(44)46)21-40-36-34(31)33(25-11-15-29(49-3)16-12-25)35(41-36)26-7-5-24(6-8-26)22-43-19-17-30(18-20-43)50(4,47)48/h5-16,21,30H,17-20,22-23H2,1-4H3,(H,39,45)(H,40,41). The van der Waals surface area contributed by atoms with Gasteiger partial charge in [-0.2, -0.15) is 0 Å². The van der Waals surface area contributed by atoms with Crippen molar-refractivity contribution in [3.8, 4) is 28.1 Å². The minimum Gasteiger partial charge on any atom is -0.497 e. The molecular formula is C38H40N6O5S. The fourth-order valence-electron chi connectivity index (χ4n) is 7.10. The van der Waals surface area contributed by atoms with E-state index < -0.39 is 9.84 Å². The Bertz CT molecular complexity index is 2170. The van der Waals surface area contributed by atoms with Crippen molar-refractivity contribution >= 4 is 44.2 Å². The average Bonchev–Trinajstić information content (AvgIpc) is 3.53. The highest BCUT2D eigenvalue weighted by Gasteiger charge is 2.33. The van der Waals surface area contributed by atoms with Gasteiger partial charge in [0.25, 0.3) is 5.91 Å². The van der Waals surface area contributed by atoms with Crippen molar-refractivity contribution < 1.29 is 22.7 Å². The first-order valence-electron chi connectivity index (χ1n) is 16.6. The summed E-state index contributed by atoms with van der Waals surface area (Å²) in [6.45, 7) is 2.58. The van der Waals surface area contributed by atoms with Crippen molar-refractivity contribution in [2.75, 3.05) is 50.4 Å². The number of H-pyrrole nitrogens is 1. The van der Waals surface area contributed by atoms with Gasteiger partial charge in [0.2, 0.25) is 0 Å². The van der Waals surface area contributed by atoms with E-state index in [1.54, 1.807) is 61.5 Å². The number of piperidine rings is 1. The van der Waals surface area contributed by atoms with E-state index in [9.17, 15) is 18.0 Å². The molecule has 0 atom stereocenters. The smallest absolute Gasteiger partial charge is 0.329 e. The maximum absolute atomic E-state index is 13.7. The lowest BCUT2D eigenvalue weighted by atomic mass is 9.94. The van der Waals surface area contributed by atoms with Gasteiger partial charge in [-0.15, -0.1) is 0 Å². The number of anilines is 2. The van der Waals surface area contributed by atoms with Crippen LogP contribution < -0.4 is 19.9 Å². The molecular weight excluding hydrogens is 653 g/mol. The van der Waals surface area contributed by atoms with Crippen molar-refractivity contribution in [1.29, 1.82) is 0 Å². The third kappa shape index (κ3) is 6.20. The molecule has 4 heterocycles. The molecule has 2 aliphatic heterocycles. The number of aromatic amines is 1. The van der Waals surface area contributed by atoms with E-state index in [0.29, 0.717) is 36.3 Å². The highest BCUT2D eigenvalue weighted by Crippen LogP contribution is 2.44. The van der Waals surface area contributed by atoms with E-state index in [0.717, 1.165) is 70.0 Å². The summed E-state index contributed by atoms with van der Waals surface area (Å²) in [4.78, 5) is 39.9. The van der Waals surface area contributed by atoms with Crippen LogP contribution in [0.5, 0.6) is 5.75 Å². The number of urea groups is 1. The van der Waals surface area contributed by atoms with Gasteiger partial charge in [-0.1, -0.05) is 36.4 Å². The molecule has 0 radical (unpaired) electrons. The predicted octanol–water partition coefficient (Wildman–Crippen LogP) is 5.85. The lowest BCUT2D eigenvalue weighted by molar-refractivity contribution is 0.0963. The molecule has 2 aromatic heterocycles. The zero-order chi connectivity index (χ0) is 35.2. The molecule has 2 aliphatic rings. The van der Waals surface area contributed by atoms with Gasteiger partial charge in [-0.05, 0) is 79.0 Å². The number of amides is 3. The highest BCUT2D eigenvalue weighted by molar-refractivity contribution is 7.91. The Morgan fingerprint density at radius 3 is 2.26 bits per heavy atom. The van der Waals surface area contributed by atoms with Crippen LogP contribution in [0.1, 0.15) is 34.3 Å². The fraction of sp³-hybridized carbons (Fsp3) is 0.289. The van der Waals surface area contributed by atoms with Crippen molar-refractivity contribution in [1.82, 2.24) is 20.2 Å². The van der Waals surface area contributed by atoms with E-state index >= 15 is 0 Å². The minimum absolute atomic E-state index is 0.191. The van der Waals surface area contributed by atoms with Gasteiger partial charge in [0, 0.05) is 54.7 Å². The number of carbonyl (C=O) groups is 2. The summed E-state index contributed by atoms with van der Waals surface area (Å²) in [7, 11) is 1.97. The third-order valence-corrected chi connectivity index (χ3v) is 11.6. The Labute approximate surface area is 291 Å². The summed E-state index contributed by atoms with van der Waals surface area (Å²) in [5.41, 5.74) is 8.59. The van der Waals surface area contributed by atoms with Crippen LogP contribution in [-0.4, -0.2) is 81.0 Å². The van der Waals surface area contributed by atoms with E-state index in [1.165, 1.54) is 6.26 Å². The molecule has 0 bridgehead atoms. The normalized spacial score (nSPS) is 15.7. The van der Waals surface area contributed by atoms with Crippen molar-refractivity contribution in [2.45, 2.75) is 31.2 Å². The SMILES string of the molecule is CNC(=O)c1ccc(N2Cc3c(cnc4[nH]c(-c5ccc(CN6CCC(S(C)(=O)=O)CC6)cc5)c(-c5ccc(OC)cc5)c34)N(C)C2=O)cc1. The van der Waals surface area contributed by atoms with Crippen LogP contribution in [0.3, 0.4) is 0 Å². The van der Waals surface area contributed by atoms with E-state index in [-0.39, 0.29) is 17.2 Å². The van der Waals surface area contributed by atoms with E-state index in [4.69, 9.17) is 9.72 Å². The number of rotatable bonds is 8. The largest absolute Gasteiger partial charge is 0.497 e. The predicted molar refractivity (Wildman–Crippen MR) is 196 cm³/mol. The van der Waals surface area contributed by atoms with Crippen LogP contribution in [0.2, 0.25) is 0 Å². The maximum Gasteiger partial charge on any atom is 0.329 e. The quantitative estimate of drug-likeness (QED) is 0.209. The van der Waals surface area contributed by atoms with E-state index in [2.05, 4.69) is 39.5 Å². The summed E-state index contributed by atoms with van der Waals surface area (Å²) >= 11 is 0. The molecule has 258 valence electrons. The Morgan fingerprint density at radius 2 is 1.64 bits per heavy atom. The molecule has 0 saturated carbocycles.